The van der Waals surface area contributed by atoms with Gasteiger partial charge < -0.3 is 0 Å². The summed E-state index contributed by atoms with van der Waals surface area (Å²) in [6.07, 6.45) is 2.68. The summed E-state index contributed by atoms with van der Waals surface area (Å²) in [6.45, 7) is 8.23. The summed E-state index contributed by atoms with van der Waals surface area (Å²) in [7, 11) is 0. The van der Waals surface area contributed by atoms with Crippen LogP contribution in [0.4, 0.5) is 0 Å². The summed E-state index contributed by atoms with van der Waals surface area (Å²) in [5.74, 6) is 2.66. The first-order valence-electron chi connectivity index (χ1n) is 7.26. The number of hydrogen-bond acceptors (Lipinski definition) is 5. The van der Waals surface area contributed by atoms with E-state index in [4.69, 9.17) is 0 Å². The molecule has 0 aromatic carbocycles. The Morgan fingerprint density at radius 1 is 1.21 bits per heavy atom. The number of likely N-dealkylation sites (tertiary alicyclic amines) is 1. The molecule has 2 fully saturated rings. The van der Waals surface area contributed by atoms with Gasteiger partial charge in [-0.3, -0.25) is 9.80 Å². The standard InChI is InChI=1S/C14H23N3S2/c1-12-15-13(11-19-12)10-16-4-2-14(3-5-16)17-6-8-18-9-7-17/h11,14H,2-10H2,1H3. The van der Waals surface area contributed by atoms with E-state index in [1.165, 1.54) is 61.2 Å². The number of aryl methyl sites for hydroxylation is 1. The first-order chi connectivity index (χ1) is 9.31. The molecule has 0 unspecified atom stereocenters. The van der Waals surface area contributed by atoms with E-state index in [0.29, 0.717) is 0 Å². The van der Waals surface area contributed by atoms with Gasteiger partial charge in [0.1, 0.15) is 0 Å². The molecule has 1 aromatic heterocycles. The topological polar surface area (TPSA) is 19.4 Å². The smallest absolute Gasteiger partial charge is 0.0897 e. The Morgan fingerprint density at radius 2 is 1.95 bits per heavy atom. The number of aromatic nitrogens is 1. The van der Waals surface area contributed by atoms with Crippen LogP contribution in [0.1, 0.15) is 23.5 Å². The van der Waals surface area contributed by atoms with Crippen LogP contribution >= 0.6 is 23.1 Å². The lowest BCUT2D eigenvalue weighted by molar-refractivity contribution is 0.112. The number of rotatable bonds is 3. The fourth-order valence-corrected chi connectivity index (χ4v) is 4.63. The molecule has 0 bridgehead atoms. The first-order valence-corrected chi connectivity index (χ1v) is 9.30. The van der Waals surface area contributed by atoms with Crippen molar-refractivity contribution < 1.29 is 0 Å². The Morgan fingerprint density at radius 3 is 2.58 bits per heavy atom. The van der Waals surface area contributed by atoms with Crippen molar-refractivity contribution in [3.8, 4) is 0 Å². The van der Waals surface area contributed by atoms with E-state index in [1.54, 1.807) is 11.3 Å². The highest BCUT2D eigenvalue weighted by Crippen LogP contribution is 2.21. The van der Waals surface area contributed by atoms with Crippen LogP contribution in [0.3, 0.4) is 0 Å². The van der Waals surface area contributed by atoms with Crippen molar-refractivity contribution in [1.82, 2.24) is 14.8 Å². The van der Waals surface area contributed by atoms with Gasteiger partial charge in [0, 0.05) is 55.7 Å². The van der Waals surface area contributed by atoms with Crippen LogP contribution in [-0.2, 0) is 6.54 Å². The Balaban J connectivity index is 1.46. The van der Waals surface area contributed by atoms with E-state index in [1.807, 2.05) is 0 Å². The van der Waals surface area contributed by atoms with Gasteiger partial charge in [-0.1, -0.05) is 0 Å². The van der Waals surface area contributed by atoms with Crippen LogP contribution < -0.4 is 0 Å². The third-order valence-electron chi connectivity index (χ3n) is 4.17. The van der Waals surface area contributed by atoms with Crippen molar-refractivity contribution in [2.75, 3.05) is 37.7 Å². The molecule has 106 valence electrons. The Hall–Kier alpha value is -0.100. The van der Waals surface area contributed by atoms with Crippen molar-refractivity contribution in [2.45, 2.75) is 32.4 Å². The van der Waals surface area contributed by atoms with Crippen molar-refractivity contribution in [1.29, 1.82) is 0 Å². The van der Waals surface area contributed by atoms with Crippen molar-refractivity contribution in [3.63, 3.8) is 0 Å². The molecular formula is C14H23N3S2. The van der Waals surface area contributed by atoms with Crippen molar-refractivity contribution in [3.05, 3.63) is 16.1 Å². The van der Waals surface area contributed by atoms with Gasteiger partial charge in [-0.05, 0) is 19.8 Å². The molecule has 0 atom stereocenters. The molecule has 0 saturated carbocycles. The number of thiazole rings is 1. The third kappa shape index (κ3) is 3.72. The zero-order valence-corrected chi connectivity index (χ0v) is 13.3. The molecule has 0 aliphatic carbocycles. The second-order valence-corrected chi connectivity index (χ2v) is 7.80. The molecule has 2 aliphatic rings. The predicted octanol–water partition coefficient (Wildman–Crippen LogP) is 2.46. The molecule has 5 heteroatoms. The lowest BCUT2D eigenvalue weighted by Crippen LogP contribution is -2.47. The molecule has 0 N–H and O–H groups in total. The van der Waals surface area contributed by atoms with E-state index in [-0.39, 0.29) is 0 Å². The summed E-state index contributed by atoms with van der Waals surface area (Å²) < 4.78 is 0. The molecule has 3 nitrogen and oxygen atoms in total. The van der Waals surface area contributed by atoms with Gasteiger partial charge in [0.05, 0.1) is 10.7 Å². The summed E-state index contributed by atoms with van der Waals surface area (Å²) in [5, 5.41) is 3.40. The van der Waals surface area contributed by atoms with Crippen molar-refractivity contribution in [2.24, 2.45) is 0 Å². The lowest BCUT2D eigenvalue weighted by Gasteiger charge is -2.39. The molecule has 1 aromatic rings. The first kappa shape index (κ1) is 13.9. The molecule has 2 saturated heterocycles. The minimum absolute atomic E-state index is 0.842. The molecule has 2 aliphatic heterocycles. The van der Waals surface area contributed by atoms with E-state index < -0.39 is 0 Å². The predicted molar refractivity (Wildman–Crippen MR) is 84.0 cm³/mol. The maximum atomic E-state index is 4.58. The quantitative estimate of drug-likeness (QED) is 0.853. The SMILES string of the molecule is Cc1nc(CN2CCC(N3CCSCC3)CC2)cs1. The zero-order valence-electron chi connectivity index (χ0n) is 11.7. The zero-order chi connectivity index (χ0) is 13.1. The van der Waals surface area contributed by atoms with Gasteiger partial charge in [0.25, 0.3) is 0 Å². The fraction of sp³-hybridized carbons (Fsp3) is 0.786. The summed E-state index contributed by atoms with van der Waals surface area (Å²) in [5.41, 5.74) is 1.26. The molecule has 3 rings (SSSR count). The molecule has 19 heavy (non-hydrogen) atoms. The Bertz CT molecular complexity index is 393. The number of piperidine rings is 1. The second-order valence-electron chi connectivity index (χ2n) is 5.51. The molecule has 0 radical (unpaired) electrons. The summed E-state index contributed by atoms with van der Waals surface area (Å²) in [4.78, 5) is 9.87. The second kappa shape index (κ2) is 6.57. The van der Waals surface area contributed by atoms with Gasteiger partial charge in [0.2, 0.25) is 0 Å². The van der Waals surface area contributed by atoms with Crippen LogP contribution in [0.2, 0.25) is 0 Å². The van der Waals surface area contributed by atoms with Gasteiger partial charge in [-0.15, -0.1) is 11.3 Å². The van der Waals surface area contributed by atoms with Crippen LogP contribution in [-0.4, -0.2) is 58.5 Å². The third-order valence-corrected chi connectivity index (χ3v) is 5.94. The Kier molecular flexibility index (Phi) is 4.79. The van der Waals surface area contributed by atoms with Crippen LogP contribution in [0.15, 0.2) is 5.38 Å². The highest BCUT2D eigenvalue weighted by Gasteiger charge is 2.25. The Labute approximate surface area is 124 Å². The fourth-order valence-electron chi connectivity index (χ4n) is 3.10. The van der Waals surface area contributed by atoms with Gasteiger partial charge in [-0.2, -0.15) is 11.8 Å². The molecule has 0 amide bonds. The van der Waals surface area contributed by atoms with Crippen LogP contribution in [0.25, 0.3) is 0 Å². The van der Waals surface area contributed by atoms with E-state index >= 15 is 0 Å². The largest absolute Gasteiger partial charge is 0.299 e. The maximum Gasteiger partial charge on any atom is 0.0897 e. The average molecular weight is 297 g/mol. The van der Waals surface area contributed by atoms with Crippen LogP contribution in [0, 0.1) is 6.92 Å². The van der Waals surface area contributed by atoms with Gasteiger partial charge in [-0.25, -0.2) is 4.98 Å². The summed E-state index contributed by atoms with van der Waals surface area (Å²) in [6, 6.07) is 0.842. The number of hydrogen-bond donors (Lipinski definition) is 0. The highest BCUT2D eigenvalue weighted by molar-refractivity contribution is 7.99. The molecular weight excluding hydrogens is 274 g/mol. The minimum Gasteiger partial charge on any atom is -0.299 e. The maximum absolute atomic E-state index is 4.58. The molecule has 0 spiro atoms. The van der Waals surface area contributed by atoms with Crippen molar-refractivity contribution >= 4 is 23.1 Å². The average Bonchev–Trinajstić information content (AvgIpc) is 2.86. The monoisotopic (exact) mass is 297 g/mol. The summed E-state index contributed by atoms with van der Waals surface area (Å²) >= 11 is 3.88. The van der Waals surface area contributed by atoms with Gasteiger partial charge in [0.15, 0.2) is 0 Å². The minimum atomic E-state index is 0.842. The normalized spacial score (nSPS) is 23.8. The lowest BCUT2D eigenvalue weighted by atomic mass is 10.0. The van der Waals surface area contributed by atoms with E-state index in [2.05, 4.69) is 38.8 Å². The molecule has 3 heterocycles. The van der Waals surface area contributed by atoms with E-state index in [0.717, 1.165) is 12.6 Å². The van der Waals surface area contributed by atoms with Gasteiger partial charge >= 0.3 is 0 Å². The number of nitrogens with zero attached hydrogens (tertiary/aromatic N) is 3. The van der Waals surface area contributed by atoms with E-state index in [9.17, 15) is 0 Å². The number of thioether (sulfide) groups is 1. The van der Waals surface area contributed by atoms with Crippen LogP contribution in [0.5, 0.6) is 0 Å². The highest BCUT2D eigenvalue weighted by atomic mass is 32.2.